The van der Waals surface area contributed by atoms with E-state index in [1.165, 1.54) is 34.8 Å². The Morgan fingerprint density at radius 1 is 1.21 bits per heavy atom. The van der Waals surface area contributed by atoms with Gasteiger partial charge in [-0.15, -0.1) is 0 Å². The van der Waals surface area contributed by atoms with Crippen LogP contribution >= 0.6 is 21.6 Å². The van der Waals surface area contributed by atoms with Crippen LogP contribution in [0.25, 0.3) is 17.0 Å². The zero-order chi connectivity index (χ0) is 31.7. The minimum Gasteiger partial charge on any atom is -0.496 e. The van der Waals surface area contributed by atoms with Crippen LogP contribution in [-0.2, 0) is 26.3 Å². The van der Waals surface area contributed by atoms with Crippen LogP contribution in [-0.4, -0.2) is 76.1 Å². The number of alkyl halides is 3. The van der Waals surface area contributed by atoms with Gasteiger partial charge in [0.15, 0.2) is 5.52 Å². The molecule has 1 amide bonds. The normalized spacial score (nSPS) is 13.1. The zero-order valence-electron chi connectivity index (χ0n) is 23.2. The van der Waals surface area contributed by atoms with Gasteiger partial charge in [0.05, 0.1) is 30.7 Å². The standard InChI is InChI=1S/C26H31F3N6O6S2/c1-14-20(13-43-42-12-19(23(38)32-11-22(36)37)31-8-3-4-16(30)24(39)40)35(9-7-21(14)41-2)25-33-17-6-5-15(26(27,28)29)10-18(17)34-25/h5-7,9-10,16,19,31H,3-4,8,11-13,30H2,1-2H3,(H3-,32,33,34,36,37,38,39,40)/p+1/t16-,19-/m0/s1. The lowest BCUT2D eigenvalue weighted by molar-refractivity contribution is -0.610. The molecular formula is C26H32F3N6O6S2+. The Balaban J connectivity index is 1.73. The highest BCUT2D eigenvalue weighted by molar-refractivity contribution is 8.76. The first-order valence-electron chi connectivity index (χ1n) is 12.9. The second-order valence-corrected chi connectivity index (χ2v) is 11.9. The van der Waals surface area contributed by atoms with Gasteiger partial charge in [-0.3, -0.25) is 14.4 Å². The third-order valence-electron chi connectivity index (χ3n) is 6.36. The number of imidazole rings is 1. The van der Waals surface area contributed by atoms with Crippen molar-refractivity contribution in [3.8, 4) is 11.7 Å². The number of hydrogen-bond donors (Lipinski definition) is 6. The van der Waals surface area contributed by atoms with Crippen molar-refractivity contribution in [3.63, 3.8) is 0 Å². The van der Waals surface area contributed by atoms with Crippen LogP contribution in [0.4, 0.5) is 13.2 Å². The van der Waals surface area contributed by atoms with E-state index in [1.807, 2.05) is 6.92 Å². The van der Waals surface area contributed by atoms with E-state index in [4.69, 9.17) is 20.7 Å². The van der Waals surface area contributed by atoms with E-state index in [9.17, 15) is 27.6 Å². The molecule has 7 N–H and O–H groups in total. The SMILES string of the molecule is COc1cc[n+](-c2nc3ccc(C(F)(F)F)cc3[nH]2)c(CSSC[C@H](NCCC[C@H](N)C(=O)O)C(=O)NCC(=O)O)c1C. The summed E-state index contributed by atoms with van der Waals surface area (Å²) in [5, 5.41) is 23.2. The van der Waals surface area contributed by atoms with Gasteiger partial charge >= 0.3 is 24.1 Å². The van der Waals surface area contributed by atoms with Gasteiger partial charge in [0.25, 0.3) is 0 Å². The molecule has 0 radical (unpaired) electrons. The van der Waals surface area contributed by atoms with E-state index in [0.29, 0.717) is 29.4 Å². The fourth-order valence-electron chi connectivity index (χ4n) is 4.01. The molecule has 0 saturated heterocycles. The molecule has 0 aliphatic heterocycles. The molecule has 12 nitrogen and oxygen atoms in total. The predicted octanol–water partition coefficient (Wildman–Crippen LogP) is 2.41. The molecule has 1 aromatic carbocycles. The maximum Gasteiger partial charge on any atom is 0.416 e. The number of nitrogens with two attached hydrogens (primary N) is 1. The van der Waals surface area contributed by atoms with Crippen molar-refractivity contribution >= 4 is 50.5 Å². The number of rotatable bonds is 16. The van der Waals surface area contributed by atoms with Crippen molar-refractivity contribution < 1.29 is 47.1 Å². The highest BCUT2D eigenvalue weighted by atomic mass is 33.1. The van der Waals surface area contributed by atoms with Gasteiger partial charge in [-0.05, 0) is 44.5 Å². The molecule has 17 heteroatoms. The monoisotopic (exact) mass is 645 g/mol. The summed E-state index contributed by atoms with van der Waals surface area (Å²) >= 11 is 0. The number of amides is 1. The minimum absolute atomic E-state index is 0.197. The Morgan fingerprint density at radius 2 is 1.95 bits per heavy atom. The van der Waals surface area contributed by atoms with Gasteiger partial charge in [0.1, 0.15) is 29.5 Å². The van der Waals surface area contributed by atoms with Crippen molar-refractivity contribution in [1.29, 1.82) is 0 Å². The average Bonchev–Trinajstić information content (AvgIpc) is 3.38. The summed E-state index contributed by atoms with van der Waals surface area (Å²) < 4.78 is 46.8. The lowest BCUT2D eigenvalue weighted by Crippen LogP contribution is -2.47. The number of fused-ring (bicyclic) bond motifs is 1. The highest BCUT2D eigenvalue weighted by Crippen LogP contribution is 2.32. The molecular weight excluding hydrogens is 613 g/mol. The molecule has 3 aromatic rings. The number of carbonyl (C=O) groups excluding carboxylic acids is 1. The molecule has 2 heterocycles. The van der Waals surface area contributed by atoms with E-state index < -0.39 is 48.2 Å². The summed E-state index contributed by atoms with van der Waals surface area (Å²) in [6.07, 6.45) is -2.22. The number of aromatic amines is 1. The molecule has 0 fully saturated rings. The molecule has 43 heavy (non-hydrogen) atoms. The van der Waals surface area contributed by atoms with Gasteiger partial charge in [0.2, 0.25) is 5.91 Å². The summed E-state index contributed by atoms with van der Waals surface area (Å²) in [5.41, 5.74) is 6.84. The van der Waals surface area contributed by atoms with Gasteiger partial charge in [-0.2, -0.15) is 13.2 Å². The largest absolute Gasteiger partial charge is 0.496 e. The van der Waals surface area contributed by atoms with Gasteiger partial charge in [-0.25, -0.2) is 9.55 Å². The van der Waals surface area contributed by atoms with Crippen molar-refractivity contribution in [2.75, 3.05) is 26.0 Å². The molecule has 234 valence electrons. The van der Waals surface area contributed by atoms with Crippen molar-refractivity contribution in [1.82, 2.24) is 20.6 Å². The second kappa shape index (κ2) is 15.3. The van der Waals surface area contributed by atoms with E-state index in [0.717, 1.165) is 23.4 Å². The van der Waals surface area contributed by atoms with Crippen LogP contribution in [0.1, 0.15) is 29.7 Å². The fourth-order valence-corrected chi connectivity index (χ4v) is 6.35. The number of benzene rings is 1. The summed E-state index contributed by atoms with van der Waals surface area (Å²) in [7, 11) is 4.26. The van der Waals surface area contributed by atoms with Crippen molar-refractivity contribution in [3.05, 3.63) is 47.3 Å². The summed E-state index contributed by atoms with van der Waals surface area (Å²) in [5.74, 6) is -1.30. The molecule has 0 bridgehead atoms. The smallest absolute Gasteiger partial charge is 0.416 e. The maximum atomic E-state index is 13.2. The Bertz CT molecular complexity index is 1450. The summed E-state index contributed by atoms with van der Waals surface area (Å²) in [6, 6.07) is 3.20. The van der Waals surface area contributed by atoms with Crippen LogP contribution in [0.2, 0.25) is 0 Å². The lowest BCUT2D eigenvalue weighted by atomic mass is 10.1. The number of halogens is 3. The van der Waals surface area contributed by atoms with E-state index in [-0.39, 0.29) is 24.2 Å². The third-order valence-corrected chi connectivity index (χ3v) is 8.65. The maximum absolute atomic E-state index is 13.2. The first-order valence-corrected chi connectivity index (χ1v) is 15.4. The number of aliphatic carboxylic acids is 2. The highest BCUT2D eigenvalue weighted by Gasteiger charge is 2.32. The number of hydrogen-bond acceptors (Lipinski definition) is 9. The van der Waals surface area contributed by atoms with Crippen LogP contribution in [0.15, 0.2) is 30.5 Å². The molecule has 0 unspecified atom stereocenters. The van der Waals surface area contributed by atoms with Crippen molar-refractivity contribution in [2.24, 2.45) is 5.73 Å². The Hall–Kier alpha value is -3.54. The first kappa shape index (κ1) is 34.0. The number of carboxylic acids is 2. The average molecular weight is 646 g/mol. The summed E-state index contributed by atoms with van der Waals surface area (Å²) in [4.78, 5) is 41.9. The van der Waals surface area contributed by atoms with Crippen LogP contribution in [0.5, 0.6) is 5.75 Å². The third kappa shape index (κ3) is 9.47. The fraction of sp³-hybridized carbons (Fsp3) is 0.423. The van der Waals surface area contributed by atoms with Crippen LogP contribution in [0.3, 0.4) is 0 Å². The molecule has 3 rings (SSSR count). The number of nitrogens with one attached hydrogen (secondary N) is 3. The number of nitrogens with zero attached hydrogens (tertiary/aromatic N) is 2. The molecule has 0 saturated carbocycles. The van der Waals surface area contributed by atoms with Gasteiger partial charge in [-0.1, -0.05) is 26.6 Å². The van der Waals surface area contributed by atoms with Gasteiger partial charge in [0, 0.05) is 17.4 Å². The van der Waals surface area contributed by atoms with E-state index in [1.54, 1.807) is 16.8 Å². The Kier molecular flexibility index (Phi) is 12.1. The number of H-pyrrole nitrogens is 1. The summed E-state index contributed by atoms with van der Waals surface area (Å²) in [6.45, 7) is 1.57. The molecule has 0 aliphatic carbocycles. The van der Waals surface area contributed by atoms with Crippen LogP contribution < -0.4 is 25.7 Å². The van der Waals surface area contributed by atoms with E-state index in [2.05, 4.69) is 20.6 Å². The number of carboxylic acid groups (broad SMARTS) is 2. The Labute approximate surface area is 252 Å². The number of carbonyl (C=O) groups is 3. The van der Waals surface area contributed by atoms with Gasteiger partial charge < -0.3 is 31.3 Å². The molecule has 2 aromatic heterocycles. The minimum atomic E-state index is -4.50. The Morgan fingerprint density at radius 3 is 2.60 bits per heavy atom. The van der Waals surface area contributed by atoms with Crippen molar-refractivity contribution in [2.45, 2.75) is 43.8 Å². The quantitative estimate of drug-likeness (QED) is 0.0764. The number of ether oxygens (including phenoxy) is 1. The predicted molar refractivity (Wildman–Crippen MR) is 155 cm³/mol. The first-order chi connectivity index (χ1) is 20.3. The zero-order valence-corrected chi connectivity index (χ0v) is 24.9. The number of methoxy groups -OCH3 is 1. The second-order valence-electron chi connectivity index (χ2n) is 9.37. The number of pyridine rings is 1. The molecule has 0 spiro atoms. The topological polar surface area (TPSA) is 184 Å². The number of aromatic nitrogens is 3. The molecule has 2 atom stereocenters. The van der Waals surface area contributed by atoms with Crippen LogP contribution in [0, 0.1) is 6.92 Å². The lowest BCUT2D eigenvalue weighted by Gasteiger charge is -2.18. The van der Waals surface area contributed by atoms with E-state index >= 15 is 0 Å². The molecule has 0 aliphatic rings.